The average Bonchev–Trinajstić information content (AvgIpc) is 2.77. The number of rotatable bonds is 22. The van der Waals surface area contributed by atoms with Gasteiger partial charge in [-0.05, 0) is 97.3 Å². The smallest absolute Gasteiger partial charge is 0.222 e. The van der Waals surface area contributed by atoms with Gasteiger partial charge in [0.05, 0.1) is 18.8 Å². The van der Waals surface area contributed by atoms with E-state index in [0.29, 0.717) is 45.8 Å². The molecule has 2 N–H and O–H groups in total. The number of amides is 2. The predicted molar refractivity (Wildman–Crippen MR) is 162 cm³/mol. The predicted octanol–water partition coefficient (Wildman–Crippen LogP) is 6.82. The third kappa shape index (κ3) is 26.8. The molecule has 0 spiro atoms. The summed E-state index contributed by atoms with van der Waals surface area (Å²) in [6, 6.07) is 0. The van der Waals surface area contributed by atoms with Gasteiger partial charge in [-0.1, -0.05) is 34.1 Å². The van der Waals surface area contributed by atoms with Crippen molar-refractivity contribution in [3.05, 3.63) is 0 Å². The summed E-state index contributed by atoms with van der Waals surface area (Å²) in [5.74, 6) is 0.114. The fourth-order valence-corrected chi connectivity index (χ4v) is 4.06. The van der Waals surface area contributed by atoms with Gasteiger partial charge in [0.2, 0.25) is 11.8 Å². The Kier molecular flexibility index (Phi) is 18.5. The zero-order chi connectivity index (χ0) is 30.0. The summed E-state index contributed by atoms with van der Waals surface area (Å²) in [5, 5.41) is 6.02. The first-order valence-corrected chi connectivity index (χ1v) is 15.3. The maximum absolute atomic E-state index is 12.2. The number of nitrogens with one attached hydrogen (secondary N) is 2. The summed E-state index contributed by atoms with van der Waals surface area (Å²) in [5.41, 5.74) is 0.188. The molecule has 0 atom stereocenters. The molecule has 0 aliphatic rings. The maximum Gasteiger partial charge on any atom is 0.222 e. The van der Waals surface area contributed by atoms with Crippen LogP contribution in [-0.2, 0) is 23.8 Å². The lowest BCUT2D eigenvalue weighted by Crippen LogP contribution is -2.40. The van der Waals surface area contributed by atoms with Crippen molar-refractivity contribution < 1.29 is 23.8 Å². The van der Waals surface area contributed by atoms with Gasteiger partial charge >= 0.3 is 0 Å². The average molecular weight is 557 g/mol. The SMILES string of the molecule is CC(C)(CCCCOCCC(=O)NC(C)(C)C)CCC(C)(C)CCNC(=O)CCOCCCCOC(C)(C)C. The zero-order valence-electron chi connectivity index (χ0n) is 27.4. The molecule has 0 heterocycles. The van der Waals surface area contributed by atoms with Gasteiger partial charge in [-0.25, -0.2) is 0 Å². The van der Waals surface area contributed by atoms with Crippen LogP contribution in [0.1, 0.15) is 133 Å². The van der Waals surface area contributed by atoms with Crippen molar-refractivity contribution in [3.63, 3.8) is 0 Å². The third-order valence-corrected chi connectivity index (χ3v) is 6.67. The van der Waals surface area contributed by atoms with Crippen molar-refractivity contribution in [3.8, 4) is 0 Å². The highest BCUT2D eigenvalue weighted by molar-refractivity contribution is 5.76. The fourth-order valence-electron chi connectivity index (χ4n) is 4.06. The highest BCUT2D eigenvalue weighted by Crippen LogP contribution is 2.36. The number of hydrogen-bond donors (Lipinski definition) is 2. The van der Waals surface area contributed by atoms with Crippen molar-refractivity contribution in [2.45, 2.75) is 145 Å². The van der Waals surface area contributed by atoms with Crippen LogP contribution in [0.3, 0.4) is 0 Å². The molecule has 0 saturated heterocycles. The van der Waals surface area contributed by atoms with E-state index in [-0.39, 0.29) is 33.8 Å². The van der Waals surface area contributed by atoms with Crippen LogP contribution in [0.5, 0.6) is 0 Å². The van der Waals surface area contributed by atoms with Gasteiger partial charge in [0.1, 0.15) is 0 Å². The highest BCUT2D eigenvalue weighted by atomic mass is 16.5. The van der Waals surface area contributed by atoms with Gasteiger partial charge < -0.3 is 24.8 Å². The number of carbonyl (C=O) groups excluding carboxylic acids is 2. The molecule has 0 fully saturated rings. The van der Waals surface area contributed by atoms with Crippen molar-refractivity contribution in [1.82, 2.24) is 10.6 Å². The Hall–Kier alpha value is -1.18. The number of unbranched alkanes of at least 4 members (excludes halogenated alkanes) is 2. The Morgan fingerprint density at radius 3 is 1.59 bits per heavy atom. The molecule has 0 rings (SSSR count). The summed E-state index contributed by atoms with van der Waals surface area (Å²) in [6.45, 7) is 25.2. The second kappa shape index (κ2) is 19.0. The first-order valence-electron chi connectivity index (χ1n) is 15.3. The molecule has 0 aromatic carbocycles. The number of ether oxygens (including phenoxy) is 3. The van der Waals surface area contributed by atoms with E-state index in [2.05, 4.69) is 59.1 Å². The van der Waals surface area contributed by atoms with Gasteiger partial charge in [-0.2, -0.15) is 0 Å². The monoisotopic (exact) mass is 556 g/mol. The molecule has 0 unspecified atom stereocenters. The first-order chi connectivity index (χ1) is 17.9. The molecule has 232 valence electrons. The van der Waals surface area contributed by atoms with Crippen LogP contribution >= 0.6 is 0 Å². The summed E-state index contributed by atoms with van der Waals surface area (Å²) >= 11 is 0. The second-order valence-corrected chi connectivity index (χ2v) is 14.6. The topological polar surface area (TPSA) is 85.9 Å². The molecule has 0 radical (unpaired) electrons. The number of carbonyl (C=O) groups is 2. The van der Waals surface area contributed by atoms with Gasteiger partial charge in [-0.3, -0.25) is 9.59 Å². The van der Waals surface area contributed by atoms with Crippen LogP contribution in [0.4, 0.5) is 0 Å². The third-order valence-electron chi connectivity index (χ3n) is 6.67. The summed E-state index contributed by atoms with van der Waals surface area (Å²) in [6.07, 6.45) is 9.35. The summed E-state index contributed by atoms with van der Waals surface area (Å²) < 4.78 is 17.0. The lowest BCUT2D eigenvalue weighted by Gasteiger charge is -2.31. The first kappa shape index (κ1) is 37.8. The summed E-state index contributed by atoms with van der Waals surface area (Å²) in [7, 11) is 0. The minimum atomic E-state index is -0.192. The van der Waals surface area contributed by atoms with Crippen LogP contribution < -0.4 is 10.6 Å². The van der Waals surface area contributed by atoms with Crippen molar-refractivity contribution in [1.29, 1.82) is 0 Å². The molecule has 7 heteroatoms. The molecule has 0 saturated carbocycles. The van der Waals surface area contributed by atoms with Crippen LogP contribution in [0.25, 0.3) is 0 Å². The standard InChI is InChI=1S/C32H64N2O5/c1-29(2,3)34-28(36)16-26-37-22-12-11-17-31(7,8)18-19-32(9,10)20-21-33-27(35)15-25-38-23-13-14-24-39-30(4,5)6/h11-26H2,1-10H3,(H,33,35)(H,34,36). The van der Waals surface area contributed by atoms with E-state index in [1.807, 2.05) is 20.8 Å². The lowest BCUT2D eigenvalue weighted by atomic mass is 9.75. The largest absolute Gasteiger partial charge is 0.381 e. The van der Waals surface area contributed by atoms with Gasteiger partial charge in [0, 0.05) is 44.7 Å². The zero-order valence-corrected chi connectivity index (χ0v) is 27.4. The molecule has 0 aliphatic carbocycles. The Bertz CT molecular complexity index is 662. The normalized spacial score (nSPS) is 13.0. The molecule has 0 aliphatic heterocycles. The van der Waals surface area contributed by atoms with Crippen LogP contribution in [-0.4, -0.2) is 62.5 Å². The van der Waals surface area contributed by atoms with Gasteiger partial charge in [0.25, 0.3) is 0 Å². The van der Waals surface area contributed by atoms with E-state index < -0.39 is 0 Å². The minimum absolute atomic E-state index is 0.0453. The Balaban J connectivity index is 3.84. The molecule has 39 heavy (non-hydrogen) atoms. The Morgan fingerprint density at radius 2 is 1.05 bits per heavy atom. The molecule has 0 aromatic heterocycles. The maximum atomic E-state index is 12.2. The fraction of sp³-hybridized carbons (Fsp3) is 0.938. The van der Waals surface area contributed by atoms with E-state index >= 15 is 0 Å². The van der Waals surface area contributed by atoms with E-state index in [0.717, 1.165) is 58.0 Å². The van der Waals surface area contributed by atoms with Crippen LogP contribution in [0.2, 0.25) is 0 Å². The highest BCUT2D eigenvalue weighted by Gasteiger charge is 2.24. The molecular formula is C32H64N2O5. The number of hydrogen-bond acceptors (Lipinski definition) is 5. The lowest BCUT2D eigenvalue weighted by molar-refractivity contribution is -0.124. The second-order valence-electron chi connectivity index (χ2n) is 14.6. The van der Waals surface area contributed by atoms with E-state index in [1.165, 1.54) is 0 Å². The molecule has 0 bridgehead atoms. The minimum Gasteiger partial charge on any atom is -0.381 e. The van der Waals surface area contributed by atoms with Crippen molar-refractivity contribution >= 4 is 11.8 Å². The molecule has 7 nitrogen and oxygen atoms in total. The molecular weight excluding hydrogens is 492 g/mol. The molecule has 2 amide bonds. The van der Waals surface area contributed by atoms with Crippen LogP contribution in [0, 0.1) is 10.8 Å². The van der Waals surface area contributed by atoms with Crippen molar-refractivity contribution in [2.75, 3.05) is 39.6 Å². The Morgan fingerprint density at radius 1 is 0.564 bits per heavy atom. The van der Waals surface area contributed by atoms with E-state index in [4.69, 9.17) is 14.2 Å². The van der Waals surface area contributed by atoms with Crippen molar-refractivity contribution in [2.24, 2.45) is 10.8 Å². The van der Waals surface area contributed by atoms with Gasteiger partial charge in [-0.15, -0.1) is 0 Å². The van der Waals surface area contributed by atoms with E-state index in [9.17, 15) is 9.59 Å². The quantitative estimate of drug-likeness (QED) is 0.143. The molecule has 0 aromatic rings. The van der Waals surface area contributed by atoms with Crippen LogP contribution in [0.15, 0.2) is 0 Å². The van der Waals surface area contributed by atoms with Gasteiger partial charge in [0.15, 0.2) is 0 Å². The summed E-state index contributed by atoms with van der Waals surface area (Å²) in [4.78, 5) is 24.0. The Labute approximate surface area is 241 Å². The van der Waals surface area contributed by atoms with E-state index in [1.54, 1.807) is 0 Å².